The standard InChI is InChI=1S/C15H16O7/c1-18-11-9-8(16)10-12(13(11)22-15(20-9)21-10)19-14(17)7-5-3-2-4-6-7/h2-6,8-13,15-16H,1H3/t8-,9-,10+,11+,12+,13-,15?/m0/s1. The van der Waals surface area contributed by atoms with E-state index in [4.69, 9.17) is 23.7 Å². The van der Waals surface area contributed by atoms with Gasteiger partial charge in [-0.1, -0.05) is 18.2 Å². The highest BCUT2D eigenvalue weighted by Crippen LogP contribution is 2.42. The molecule has 0 radical (unpaired) electrons. The summed E-state index contributed by atoms with van der Waals surface area (Å²) in [5.41, 5.74) is 0.427. The number of benzene rings is 1. The van der Waals surface area contributed by atoms with E-state index in [0.29, 0.717) is 5.56 Å². The number of ether oxygens (including phenoxy) is 5. The van der Waals surface area contributed by atoms with Crippen molar-refractivity contribution in [1.29, 1.82) is 0 Å². The lowest BCUT2D eigenvalue weighted by atomic mass is 9.82. The first-order chi connectivity index (χ1) is 10.7. The number of methoxy groups -OCH3 is 1. The van der Waals surface area contributed by atoms with Gasteiger partial charge in [-0.3, -0.25) is 0 Å². The lowest BCUT2D eigenvalue weighted by Gasteiger charge is -2.57. The van der Waals surface area contributed by atoms with Crippen molar-refractivity contribution in [3.8, 4) is 0 Å². The first-order valence-electron chi connectivity index (χ1n) is 7.12. The Labute approximate surface area is 126 Å². The number of rotatable bonds is 3. The summed E-state index contributed by atoms with van der Waals surface area (Å²) in [6.45, 7) is -0.846. The molecule has 4 bridgehead atoms. The molecule has 1 N–H and O–H groups in total. The predicted molar refractivity (Wildman–Crippen MR) is 70.9 cm³/mol. The van der Waals surface area contributed by atoms with Crippen molar-refractivity contribution in [3.05, 3.63) is 35.9 Å². The fourth-order valence-electron chi connectivity index (χ4n) is 3.26. The average molecular weight is 308 g/mol. The Hall–Kier alpha value is -1.51. The minimum absolute atomic E-state index is 0.427. The van der Waals surface area contributed by atoms with E-state index in [2.05, 4.69) is 0 Å². The van der Waals surface area contributed by atoms with Crippen LogP contribution in [0.5, 0.6) is 0 Å². The maximum Gasteiger partial charge on any atom is 0.338 e. The highest BCUT2D eigenvalue weighted by molar-refractivity contribution is 5.89. The number of esters is 1. The van der Waals surface area contributed by atoms with Gasteiger partial charge in [-0.15, -0.1) is 0 Å². The molecule has 0 aromatic heterocycles. The Bertz CT molecular complexity index is 562. The highest BCUT2D eigenvalue weighted by Gasteiger charge is 2.63. The number of hydrogen-bond donors (Lipinski definition) is 1. The van der Waals surface area contributed by atoms with Crippen LogP contribution in [-0.4, -0.2) is 61.3 Å². The van der Waals surface area contributed by atoms with Crippen LogP contribution >= 0.6 is 0 Å². The van der Waals surface area contributed by atoms with Gasteiger partial charge in [-0.05, 0) is 12.1 Å². The fourth-order valence-corrected chi connectivity index (χ4v) is 3.26. The van der Waals surface area contributed by atoms with Crippen LogP contribution in [0.1, 0.15) is 10.4 Å². The molecule has 1 aromatic rings. The van der Waals surface area contributed by atoms with Crippen LogP contribution in [0.3, 0.4) is 0 Å². The molecule has 3 saturated heterocycles. The van der Waals surface area contributed by atoms with E-state index in [0.717, 1.165) is 0 Å². The van der Waals surface area contributed by atoms with Crippen molar-refractivity contribution in [2.24, 2.45) is 0 Å². The fraction of sp³-hybridized carbons (Fsp3) is 0.533. The molecule has 1 aromatic carbocycles. The molecule has 3 aliphatic heterocycles. The van der Waals surface area contributed by atoms with Gasteiger partial charge >= 0.3 is 5.97 Å². The summed E-state index contributed by atoms with van der Waals surface area (Å²) in [5.74, 6) is -0.492. The zero-order valence-corrected chi connectivity index (χ0v) is 11.8. The third-order valence-corrected chi connectivity index (χ3v) is 4.30. The van der Waals surface area contributed by atoms with Crippen molar-refractivity contribution in [2.45, 2.75) is 43.1 Å². The summed E-state index contributed by atoms with van der Waals surface area (Å²) in [6.07, 6.45) is -3.94. The molecule has 22 heavy (non-hydrogen) atoms. The summed E-state index contributed by atoms with van der Waals surface area (Å²) >= 11 is 0. The lowest BCUT2D eigenvalue weighted by molar-refractivity contribution is -0.481. The molecule has 4 aliphatic rings. The topological polar surface area (TPSA) is 83.5 Å². The largest absolute Gasteiger partial charge is 0.453 e. The van der Waals surface area contributed by atoms with Gasteiger partial charge in [0.2, 0.25) is 0 Å². The monoisotopic (exact) mass is 308 g/mol. The van der Waals surface area contributed by atoms with Crippen LogP contribution in [0.25, 0.3) is 0 Å². The number of aliphatic hydroxyl groups excluding tert-OH is 1. The maximum atomic E-state index is 12.3. The molecule has 4 fully saturated rings. The Morgan fingerprint density at radius 2 is 1.68 bits per heavy atom. The third kappa shape index (κ3) is 2.05. The molecule has 0 amide bonds. The maximum absolute atomic E-state index is 12.3. The smallest absolute Gasteiger partial charge is 0.338 e. The molecule has 0 spiro atoms. The molecular weight excluding hydrogens is 292 g/mol. The van der Waals surface area contributed by atoms with E-state index in [1.165, 1.54) is 7.11 Å². The number of carbonyl (C=O) groups is 1. The van der Waals surface area contributed by atoms with E-state index in [1.54, 1.807) is 24.3 Å². The molecule has 3 heterocycles. The first-order valence-corrected chi connectivity index (χ1v) is 7.12. The molecule has 1 unspecified atom stereocenters. The van der Waals surface area contributed by atoms with E-state index >= 15 is 0 Å². The first kappa shape index (κ1) is 14.1. The zero-order valence-electron chi connectivity index (χ0n) is 11.8. The van der Waals surface area contributed by atoms with Crippen molar-refractivity contribution >= 4 is 5.97 Å². The van der Waals surface area contributed by atoms with Gasteiger partial charge in [-0.2, -0.15) is 0 Å². The summed E-state index contributed by atoms with van der Waals surface area (Å²) in [4.78, 5) is 12.3. The van der Waals surface area contributed by atoms with Crippen molar-refractivity contribution in [1.82, 2.24) is 0 Å². The predicted octanol–water partition coefficient (Wildman–Crippen LogP) is 0.0679. The minimum atomic E-state index is -0.935. The summed E-state index contributed by atoms with van der Waals surface area (Å²) in [5, 5.41) is 10.3. The van der Waals surface area contributed by atoms with Crippen LogP contribution in [0.4, 0.5) is 0 Å². The normalized spacial score (nSPS) is 42.4. The van der Waals surface area contributed by atoms with Gasteiger partial charge in [0.15, 0.2) is 6.10 Å². The molecule has 1 saturated carbocycles. The Morgan fingerprint density at radius 3 is 2.36 bits per heavy atom. The molecule has 7 nitrogen and oxygen atoms in total. The Balaban J connectivity index is 1.57. The lowest BCUT2D eigenvalue weighted by Crippen LogP contribution is -2.75. The van der Waals surface area contributed by atoms with Crippen LogP contribution in [0, 0.1) is 0 Å². The van der Waals surface area contributed by atoms with E-state index < -0.39 is 49.1 Å². The highest BCUT2D eigenvalue weighted by atomic mass is 16.9. The minimum Gasteiger partial charge on any atom is -0.453 e. The van der Waals surface area contributed by atoms with Gasteiger partial charge < -0.3 is 28.8 Å². The average Bonchev–Trinajstić information content (AvgIpc) is 2.55. The molecule has 118 valence electrons. The second-order valence-electron chi connectivity index (χ2n) is 5.52. The summed E-state index contributed by atoms with van der Waals surface area (Å²) < 4.78 is 27.3. The number of aliphatic hydroxyl groups is 1. The quantitative estimate of drug-likeness (QED) is 0.791. The molecule has 5 rings (SSSR count). The van der Waals surface area contributed by atoms with Crippen molar-refractivity contribution < 1.29 is 33.6 Å². The van der Waals surface area contributed by atoms with Crippen molar-refractivity contribution in [3.63, 3.8) is 0 Å². The second kappa shape index (κ2) is 5.29. The van der Waals surface area contributed by atoms with Gasteiger partial charge in [0, 0.05) is 7.11 Å². The van der Waals surface area contributed by atoms with Crippen LogP contribution in [-0.2, 0) is 23.7 Å². The van der Waals surface area contributed by atoms with Crippen LogP contribution in [0.15, 0.2) is 30.3 Å². The van der Waals surface area contributed by atoms with Crippen molar-refractivity contribution in [2.75, 3.05) is 7.11 Å². The van der Waals surface area contributed by atoms with Gasteiger partial charge in [0.25, 0.3) is 6.48 Å². The molecule has 1 aliphatic carbocycles. The van der Waals surface area contributed by atoms with E-state index in [-0.39, 0.29) is 0 Å². The Morgan fingerprint density at radius 1 is 1.05 bits per heavy atom. The number of carbonyl (C=O) groups excluding carboxylic acids is 1. The van der Waals surface area contributed by atoms with E-state index in [1.807, 2.05) is 6.07 Å². The van der Waals surface area contributed by atoms with Gasteiger partial charge in [0.05, 0.1) is 5.56 Å². The SMILES string of the molecule is CO[C@H]1[C@@H]2OC3O[C@H]([C@@H](O)[C@@H]1O3)[C@H]2OC(=O)c1ccccc1. The molecular formula is C15H16O7. The van der Waals surface area contributed by atoms with E-state index in [9.17, 15) is 9.90 Å². The van der Waals surface area contributed by atoms with Gasteiger partial charge in [-0.25, -0.2) is 4.79 Å². The zero-order chi connectivity index (χ0) is 15.3. The molecule has 7 atom stereocenters. The van der Waals surface area contributed by atoms with Gasteiger partial charge in [0.1, 0.15) is 30.5 Å². The van der Waals surface area contributed by atoms with Crippen LogP contribution < -0.4 is 0 Å². The number of hydrogen-bond acceptors (Lipinski definition) is 7. The summed E-state index contributed by atoms with van der Waals surface area (Å²) in [7, 11) is 1.50. The summed E-state index contributed by atoms with van der Waals surface area (Å²) in [6, 6.07) is 8.64. The molecule has 7 heteroatoms. The van der Waals surface area contributed by atoms with Crippen LogP contribution in [0.2, 0.25) is 0 Å². The second-order valence-corrected chi connectivity index (χ2v) is 5.52. The third-order valence-electron chi connectivity index (χ3n) is 4.30. The Kier molecular flexibility index (Phi) is 3.39.